The zero-order valence-corrected chi connectivity index (χ0v) is 21.1. The average molecular weight is 485 g/mol. The van der Waals surface area contributed by atoms with E-state index >= 15 is 0 Å². The van der Waals surface area contributed by atoms with E-state index in [1.807, 2.05) is 33.6 Å². The van der Waals surface area contributed by atoms with Gasteiger partial charge >= 0.3 is 0 Å². The van der Waals surface area contributed by atoms with E-state index in [1.54, 1.807) is 30.1 Å². The van der Waals surface area contributed by atoms with Gasteiger partial charge in [0.1, 0.15) is 0 Å². The molecule has 0 radical (unpaired) electrons. The summed E-state index contributed by atoms with van der Waals surface area (Å²) in [7, 11) is 0. The highest BCUT2D eigenvalue weighted by atomic mass is 32.1. The third-order valence-electron chi connectivity index (χ3n) is 5.99. The standard InChI is InChI=1S/C27H28N6OS/c1-17(2)33-26-24(14-30-33)23(12-25(31-26)22-10-18(3)35-19(22)4)27(34)29-13-20-6-5-7-21(11-20)15-32-9-8-28-16-32/h5-12,14,16-17H,13,15H2,1-4H3,(H,29,34). The van der Waals surface area contributed by atoms with Crippen LogP contribution in [-0.2, 0) is 13.1 Å². The summed E-state index contributed by atoms with van der Waals surface area (Å²) in [5, 5.41) is 8.41. The number of nitrogens with zero attached hydrogens (tertiary/aromatic N) is 5. The van der Waals surface area contributed by atoms with Gasteiger partial charge in [0.25, 0.3) is 5.91 Å². The number of fused-ring (bicyclic) bond motifs is 1. The lowest BCUT2D eigenvalue weighted by atomic mass is 10.1. The lowest BCUT2D eigenvalue weighted by molar-refractivity contribution is 0.0952. The van der Waals surface area contributed by atoms with Crippen LogP contribution in [0, 0.1) is 13.8 Å². The summed E-state index contributed by atoms with van der Waals surface area (Å²) >= 11 is 1.74. The molecule has 0 spiro atoms. The van der Waals surface area contributed by atoms with Gasteiger partial charge < -0.3 is 9.88 Å². The van der Waals surface area contributed by atoms with Crippen LogP contribution in [0.15, 0.2) is 61.3 Å². The molecule has 5 aromatic rings. The van der Waals surface area contributed by atoms with Crippen molar-refractivity contribution in [3.8, 4) is 11.3 Å². The monoisotopic (exact) mass is 484 g/mol. The molecule has 1 aromatic carbocycles. The molecule has 0 bridgehead atoms. The fraction of sp³-hybridized carbons (Fsp3) is 0.259. The van der Waals surface area contributed by atoms with Crippen LogP contribution in [0.2, 0.25) is 0 Å². The van der Waals surface area contributed by atoms with Gasteiger partial charge in [0, 0.05) is 46.8 Å². The fourth-order valence-electron chi connectivity index (χ4n) is 4.31. The lowest BCUT2D eigenvalue weighted by Crippen LogP contribution is -2.23. The Morgan fingerprint density at radius 1 is 1.14 bits per heavy atom. The first-order valence-electron chi connectivity index (χ1n) is 11.7. The van der Waals surface area contributed by atoms with Gasteiger partial charge in [-0.05, 0) is 51.0 Å². The molecule has 0 atom stereocenters. The Labute approximate surface area is 208 Å². The smallest absolute Gasteiger partial charge is 0.252 e. The molecule has 0 aliphatic rings. The molecule has 0 saturated heterocycles. The zero-order chi connectivity index (χ0) is 24.5. The number of carbonyl (C=O) groups excluding carboxylic acids is 1. The number of thiophene rings is 1. The van der Waals surface area contributed by atoms with Crippen molar-refractivity contribution in [3.05, 3.63) is 87.8 Å². The third-order valence-corrected chi connectivity index (χ3v) is 6.95. The van der Waals surface area contributed by atoms with Crippen LogP contribution in [-0.4, -0.2) is 30.2 Å². The molecule has 0 aliphatic heterocycles. The van der Waals surface area contributed by atoms with Crippen molar-refractivity contribution in [2.75, 3.05) is 0 Å². The van der Waals surface area contributed by atoms with E-state index in [1.165, 1.54) is 9.75 Å². The molecule has 7 nitrogen and oxygen atoms in total. The summed E-state index contributed by atoms with van der Waals surface area (Å²) in [5.74, 6) is -0.133. The molecule has 8 heteroatoms. The molecule has 0 aliphatic carbocycles. The number of imidazole rings is 1. The number of hydrogen-bond acceptors (Lipinski definition) is 5. The predicted molar refractivity (Wildman–Crippen MR) is 140 cm³/mol. The second-order valence-corrected chi connectivity index (χ2v) is 10.5. The summed E-state index contributed by atoms with van der Waals surface area (Å²) in [6, 6.07) is 12.4. The summed E-state index contributed by atoms with van der Waals surface area (Å²) in [5.41, 5.74) is 5.39. The molecule has 1 N–H and O–H groups in total. The average Bonchev–Trinajstić information content (AvgIpc) is 3.57. The van der Waals surface area contributed by atoms with Crippen LogP contribution in [0.4, 0.5) is 0 Å². The van der Waals surface area contributed by atoms with Crippen molar-refractivity contribution in [1.29, 1.82) is 0 Å². The summed E-state index contributed by atoms with van der Waals surface area (Å²) in [6.07, 6.45) is 7.26. The van der Waals surface area contributed by atoms with Gasteiger partial charge in [0.05, 0.1) is 29.2 Å². The normalized spacial score (nSPS) is 11.5. The van der Waals surface area contributed by atoms with E-state index in [-0.39, 0.29) is 11.9 Å². The third kappa shape index (κ3) is 4.74. The quantitative estimate of drug-likeness (QED) is 0.329. The van der Waals surface area contributed by atoms with Gasteiger partial charge in [-0.3, -0.25) is 4.79 Å². The lowest BCUT2D eigenvalue weighted by Gasteiger charge is -2.12. The van der Waals surface area contributed by atoms with Gasteiger partial charge in [0.2, 0.25) is 0 Å². The Morgan fingerprint density at radius 2 is 1.97 bits per heavy atom. The van der Waals surface area contributed by atoms with Crippen molar-refractivity contribution in [3.63, 3.8) is 0 Å². The molecule has 4 heterocycles. The molecule has 5 rings (SSSR count). The summed E-state index contributed by atoms with van der Waals surface area (Å²) in [4.78, 5) is 24.9. The molecule has 1 amide bonds. The van der Waals surface area contributed by atoms with Gasteiger partial charge in [0.15, 0.2) is 5.65 Å². The van der Waals surface area contributed by atoms with Crippen molar-refractivity contribution in [2.45, 2.75) is 46.8 Å². The number of aryl methyl sites for hydroxylation is 2. The van der Waals surface area contributed by atoms with E-state index in [0.717, 1.165) is 40.0 Å². The van der Waals surface area contributed by atoms with Crippen molar-refractivity contribution in [2.24, 2.45) is 0 Å². The topological polar surface area (TPSA) is 77.6 Å². The van der Waals surface area contributed by atoms with Crippen LogP contribution < -0.4 is 5.32 Å². The molecule has 0 saturated carbocycles. The molecule has 0 fully saturated rings. The second-order valence-electron chi connectivity index (χ2n) is 9.04. The number of amides is 1. The molecule has 4 aromatic heterocycles. The highest BCUT2D eigenvalue weighted by Crippen LogP contribution is 2.32. The van der Waals surface area contributed by atoms with Gasteiger partial charge in [-0.1, -0.05) is 24.3 Å². The SMILES string of the molecule is Cc1cc(-c2cc(C(=O)NCc3cccc(Cn4ccnc4)c3)c3cnn(C(C)C)c3n2)c(C)s1. The Morgan fingerprint density at radius 3 is 2.69 bits per heavy atom. The Kier molecular flexibility index (Phi) is 6.21. The van der Waals surface area contributed by atoms with Crippen molar-refractivity contribution >= 4 is 28.3 Å². The maximum absolute atomic E-state index is 13.4. The van der Waals surface area contributed by atoms with Crippen LogP contribution in [0.5, 0.6) is 0 Å². The van der Waals surface area contributed by atoms with E-state index < -0.39 is 0 Å². The van der Waals surface area contributed by atoms with E-state index in [9.17, 15) is 4.79 Å². The van der Waals surface area contributed by atoms with Gasteiger partial charge in [-0.2, -0.15) is 5.10 Å². The van der Waals surface area contributed by atoms with Crippen molar-refractivity contribution in [1.82, 2.24) is 29.6 Å². The van der Waals surface area contributed by atoms with E-state index in [0.29, 0.717) is 12.1 Å². The van der Waals surface area contributed by atoms with Crippen LogP contribution >= 0.6 is 11.3 Å². The Hall–Kier alpha value is -3.78. The molecule has 0 unspecified atom stereocenters. The Bertz CT molecular complexity index is 1500. The Balaban J connectivity index is 1.45. The molecule has 178 valence electrons. The number of nitrogens with one attached hydrogen (secondary N) is 1. The van der Waals surface area contributed by atoms with Gasteiger partial charge in [-0.25, -0.2) is 14.6 Å². The molecule has 35 heavy (non-hydrogen) atoms. The summed E-state index contributed by atoms with van der Waals surface area (Å²) in [6.45, 7) is 9.49. The minimum absolute atomic E-state index is 0.133. The fourth-order valence-corrected chi connectivity index (χ4v) is 5.25. The number of carbonyl (C=O) groups is 1. The van der Waals surface area contributed by atoms with Gasteiger partial charge in [-0.15, -0.1) is 11.3 Å². The number of hydrogen-bond donors (Lipinski definition) is 1. The first-order valence-corrected chi connectivity index (χ1v) is 12.5. The highest BCUT2D eigenvalue weighted by Gasteiger charge is 2.20. The molecular formula is C27H28N6OS. The van der Waals surface area contributed by atoms with Crippen LogP contribution in [0.1, 0.15) is 51.1 Å². The highest BCUT2D eigenvalue weighted by molar-refractivity contribution is 7.12. The van der Waals surface area contributed by atoms with Crippen LogP contribution in [0.3, 0.4) is 0 Å². The summed E-state index contributed by atoms with van der Waals surface area (Å²) < 4.78 is 3.90. The van der Waals surface area contributed by atoms with E-state index in [4.69, 9.17) is 4.98 Å². The first kappa shape index (κ1) is 23.0. The van der Waals surface area contributed by atoms with Crippen LogP contribution in [0.25, 0.3) is 22.3 Å². The number of aromatic nitrogens is 5. The van der Waals surface area contributed by atoms with Crippen molar-refractivity contribution < 1.29 is 4.79 Å². The maximum atomic E-state index is 13.4. The predicted octanol–water partition coefficient (Wildman–Crippen LogP) is 5.53. The first-order chi connectivity index (χ1) is 16.9. The minimum Gasteiger partial charge on any atom is -0.348 e. The second kappa shape index (κ2) is 9.46. The minimum atomic E-state index is -0.133. The van der Waals surface area contributed by atoms with E-state index in [2.05, 4.69) is 61.3 Å². The number of pyridine rings is 1. The molecular weight excluding hydrogens is 456 g/mol. The largest absolute Gasteiger partial charge is 0.348 e. The number of rotatable bonds is 7. The number of benzene rings is 1. The zero-order valence-electron chi connectivity index (χ0n) is 20.3. The maximum Gasteiger partial charge on any atom is 0.252 e.